The van der Waals surface area contributed by atoms with Gasteiger partial charge in [-0.1, -0.05) is 11.6 Å². The number of hydrogen-bond acceptors (Lipinski definition) is 3. The molecule has 1 rings (SSSR count). The third kappa shape index (κ3) is 3.22. The summed E-state index contributed by atoms with van der Waals surface area (Å²) in [6.07, 6.45) is 0. The molecule has 0 radical (unpaired) electrons. The summed E-state index contributed by atoms with van der Waals surface area (Å²) in [5.41, 5.74) is 1.08. The molecule has 1 heterocycles. The average molecular weight is 224 g/mol. The zero-order chi connectivity index (χ0) is 11.4. The van der Waals surface area contributed by atoms with E-state index in [0.29, 0.717) is 11.3 Å². The smallest absolute Gasteiger partial charge is 0.252 e. The van der Waals surface area contributed by atoms with Gasteiger partial charge in [0.25, 0.3) is 5.91 Å². The van der Waals surface area contributed by atoms with Crippen LogP contribution in [-0.4, -0.2) is 16.9 Å². The van der Waals surface area contributed by atoms with Crippen LogP contribution in [-0.2, 0) is 0 Å². The number of rotatable bonds is 2. The molecule has 1 aromatic heterocycles. The Kier molecular flexibility index (Phi) is 3.64. The Hall–Kier alpha value is -1.60. The first-order valence-electron chi connectivity index (χ1n) is 4.37. The van der Waals surface area contributed by atoms with E-state index in [1.54, 1.807) is 19.9 Å². The number of aryl methyl sites for hydroxylation is 1. The molecule has 1 aromatic rings. The number of amides is 1. The SMILES string of the molecule is Cc1cc(C(=O)NC(C)C#N)cc(Cl)n1. The number of aromatic nitrogens is 1. The number of hydrogen-bond donors (Lipinski definition) is 1. The molecule has 1 amide bonds. The normalized spacial score (nSPS) is 11.6. The van der Waals surface area contributed by atoms with E-state index in [9.17, 15) is 4.79 Å². The summed E-state index contributed by atoms with van der Waals surface area (Å²) in [6, 6.07) is 4.47. The van der Waals surface area contributed by atoms with Gasteiger partial charge in [-0.3, -0.25) is 4.79 Å². The fourth-order valence-corrected chi connectivity index (χ4v) is 1.32. The summed E-state index contributed by atoms with van der Waals surface area (Å²) in [7, 11) is 0. The maximum Gasteiger partial charge on any atom is 0.252 e. The molecule has 1 N–H and O–H groups in total. The Labute approximate surface area is 92.9 Å². The van der Waals surface area contributed by atoms with Crippen LogP contribution in [0.25, 0.3) is 0 Å². The van der Waals surface area contributed by atoms with Crippen molar-refractivity contribution in [3.63, 3.8) is 0 Å². The van der Waals surface area contributed by atoms with Crippen LogP contribution < -0.4 is 5.32 Å². The number of nitriles is 1. The van der Waals surface area contributed by atoms with Gasteiger partial charge in [-0.25, -0.2) is 4.98 Å². The second-order valence-corrected chi connectivity index (χ2v) is 3.53. The number of halogens is 1. The molecule has 0 spiro atoms. The molecule has 0 aliphatic carbocycles. The van der Waals surface area contributed by atoms with Crippen LogP contribution in [0.3, 0.4) is 0 Å². The molecule has 0 aliphatic heterocycles. The largest absolute Gasteiger partial charge is 0.337 e. The predicted molar refractivity (Wildman–Crippen MR) is 56.5 cm³/mol. The van der Waals surface area contributed by atoms with Crippen molar-refractivity contribution >= 4 is 17.5 Å². The minimum absolute atomic E-state index is 0.268. The van der Waals surface area contributed by atoms with E-state index < -0.39 is 6.04 Å². The second kappa shape index (κ2) is 4.76. The molecule has 0 saturated carbocycles. The topological polar surface area (TPSA) is 65.8 Å². The van der Waals surface area contributed by atoms with Gasteiger partial charge in [0.2, 0.25) is 0 Å². The van der Waals surface area contributed by atoms with E-state index in [1.165, 1.54) is 6.07 Å². The quantitative estimate of drug-likeness (QED) is 0.776. The van der Waals surface area contributed by atoms with Gasteiger partial charge in [0.15, 0.2) is 0 Å². The van der Waals surface area contributed by atoms with Crippen molar-refractivity contribution in [1.29, 1.82) is 5.26 Å². The fourth-order valence-electron chi connectivity index (χ4n) is 1.07. The maximum atomic E-state index is 11.6. The van der Waals surface area contributed by atoms with Crippen molar-refractivity contribution in [3.05, 3.63) is 28.5 Å². The number of carbonyl (C=O) groups excluding carboxylic acids is 1. The van der Waals surface area contributed by atoms with E-state index >= 15 is 0 Å². The first-order valence-corrected chi connectivity index (χ1v) is 4.75. The minimum atomic E-state index is -0.523. The lowest BCUT2D eigenvalue weighted by Crippen LogP contribution is -2.31. The van der Waals surface area contributed by atoms with Gasteiger partial charge in [-0.05, 0) is 26.0 Å². The van der Waals surface area contributed by atoms with Gasteiger partial charge in [-0.15, -0.1) is 0 Å². The minimum Gasteiger partial charge on any atom is -0.337 e. The third-order valence-electron chi connectivity index (χ3n) is 1.73. The summed E-state index contributed by atoms with van der Waals surface area (Å²) in [4.78, 5) is 15.5. The molecule has 0 bridgehead atoms. The Morgan fingerprint density at radius 1 is 1.67 bits per heavy atom. The van der Waals surface area contributed by atoms with Crippen molar-refractivity contribution < 1.29 is 4.79 Å². The Morgan fingerprint density at radius 2 is 2.33 bits per heavy atom. The van der Waals surface area contributed by atoms with Crippen LogP contribution in [0.15, 0.2) is 12.1 Å². The van der Waals surface area contributed by atoms with Crippen LogP contribution in [0, 0.1) is 18.3 Å². The lowest BCUT2D eigenvalue weighted by atomic mass is 10.2. The summed E-state index contributed by atoms with van der Waals surface area (Å²) >= 11 is 5.71. The Balaban J connectivity index is 2.88. The lowest BCUT2D eigenvalue weighted by molar-refractivity contribution is 0.0947. The van der Waals surface area contributed by atoms with Crippen LogP contribution in [0.5, 0.6) is 0 Å². The van der Waals surface area contributed by atoms with Crippen LogP contribution in [0.1, 0.15) is 23.0 Å². The van der Waals surface area contributed by atoms with Crippen molar-refractivity contribution in [3.8, 4) is 6.07 Å². The highest BCUT2D eigenvalue weighted by molar-refractivity contribution is 6.29. The van der Waals surface area contributed by atoms with Gasteiger partial charge < -0.3 is 5.32 Å². The van der Waals surface area contributed by atoms with Crippen molar-refractivity contribution in [2.24, 2.45) is 0 Å². The first-order chi connectivity index (χ1) is 7.02. The standard InChI is InChI=1S/C10H10ClN3O/c1-6-3-8(4-9(11)13-6)10(15)14-7(2)5-12/h3-4,7H,1-2H3,(H,14,15). The molecular formula is C10H10ClN3O. The molecule has 4 nitrogen and oxygen atoms in total. The molecule has 0 saturated heterocycles. The summed E-state index contributed by atoms with van der Waals surface area (Å²) < 4.78 is 0. The highest BCUT2D eigenvalue weighted by Gasteiger charge is 2.10. The highest BCUT2D eigenvalue weighted by Crippen LogP contribution is 2.10. The second-order valence-electron chi connectivity index (χ2n) is 3.14. The molecule has 5 heteroatoms. The van der Waals surface area contributed by atoms with Crippen LogP contribution in [0.2, 0.25) is 5.15 Å². The van der Waals surface area contributed by atoms with Crippen molar-refractivity contribution in [1.82, 2.24) is 10.3 Å². The van der Waals surface area contributed by atoms with Crippen LogP contribution >= 0.6 is 11.6 Å². The Bertz CT molecular complexity index is 405. The van der Waals surface area contributed by atoms with Crippen molar-refractivity contribution in [2.75, 3.05) is 0 Å². The van der Waals surface area contributed by atoms with E-state index in [2.05, 4.69) is 10.3 Å². The Morgan fingerprint density at radius 3 is 2.87 bits per heavy atom. The van der Waals surface area contributed by atoms with E-state index in [4.69, 9.17) is 16.9 Å². The average Bonchev–Trinajstić information content (AvgIpc) is 2.16. The van der Waals surface area contributed by atoms with E-state index in [-0.39, 0.29) is 11.1 Å². The molecule has 0 fully saturated rings. The number of nitrogens with one attached hydrogen (secondary N) is 1. The molecule has 78 valence electrons. The molecular weight excluding hydrogens is 214 g/mol. The van der Waals surface area contributed by atoms with Crippen LogP contribution in [0.4, 0.5) is 0 Å². The van der Waals surface area contributed by atoms with E-state index in [1.807, 2.05) is 6.07 Å². The monoisotopic (exact) mass is 223 g/mol. The van der Waals surface area contributed by atoms with Gasteiger partial charge in [-0.2, -0.15) is 5.26 Å². The third-order valence-corrected chi connectivity index (χ3v) is 1.92. The molecule has 1 atom stereocenters. The van der Waals surface area contributed by atoms with Gasteiger partial charge in [0.1, 0.15) is 11.2 Å². The van der Waals surface area contributed by atoms with Crippen molar-refractivity contribution in [2.45, 2.75) is 19.9 Å². The molecule has 0 aromatic carbocycles. The number of pyridine rings is 1. The fraction of sp³-hybridized carbons (Fsp3) is 0.300. The highest BCUT2D eigenvalue weighted by atomic mass is 35.5. The molecule has 15 heavy (non-hydrogen) atoms. The predicted octanol–water partition coefficient (Wildman–Crippen LogP) is 1.69. The molecule has 1 unspecified atom stereocenters. The number of nitrogens with zero attached hydrogens (tertiary/aromatic N) is 2. The summed E-state index contributed by atoms with van der Waals surface area (Å²) in [5, 5.41) is 11.3. The van der Waals surface area contributed by atoms with Gasteiger partial charge in [0, 0.05) is 11.3 Å². The zero-order valence-corrected chi connectivity index (χ0v) is 9.17. The summed E-state index contributed by atoms with van der Waals surface area (Å²) in [6.45, 7) is 3.35. The lowest BCUT2D eigenvalue weighted by Gasteiger charge is -2.06. The summed E-state index contributed by atoms with van der Waals surface area (Å²) in [5.74, 6) is -0.323. The van der Waals surface area contributed by atoms with Gasteiger partial charge in [0.05, 0.1) is 6.07 Å². The number of carbonyl (C=O) groups is 1. The molecule has 0 aliphatic rings. The van der Waals surface area contributed by atoms with Gasteiger partial charge >= 0.3 is 0 Å². The van der Waals surface area contributed by atoms with E-state index in [0.717, 1.165) is 0 Å². The maximum absolute atomic E-state index is 11.6. The zero-order valence-electron chi connectivity index (χ0n) is 8.41. The first kappa shape index (κ1) is 11.5.